The van der Waals surface area contributed by atoms with Crippen molar-refractivity contribution in [1.82, 2.24) is 14.9 Å². The molecule has 0 spiro atoms. The van der Waals surface area contributed by atoms with E-state index in [4.69, 9.17) is 0 Å². The Labute approximate surface area is 146 Å². The molecule has 4 rings (SSSR count). The minimum atomic E-state index is -0.476. The van der Waals surface area contributed by atoms with Crippen molar-refractivity contribution >= 4 is 39.9 Å². The lowest BCUT2D eigenvalue weighted by Crippen LogP contribution is -2.42. The van der Waals surface area contributed by atoms with Gasteiger partial charge in [0.05, 0.1) is 15.9 Å². The molecule has 0 radical (unpaired) electrons. The molecule has 0 aliphatic carbocycles. The Morgan fingerprint density at radius 2 is 2.04 bits per heavy atom. The van der Waals surface area contributed by atoms with Gasteiger partial charge in [-0.25, -0.2) is 4.79 Å². The van der Waals surface area contributed by atoms with E-state index < -0.39 is 6.04 Å². The number of aromatic nitrogens is 2. The summed E-state index contributed by atoms with van der Waals surface area (Å²) in [7, 11) is 0. The van der Waals surface area contributed by atoms with Gasteiger partial charge in [0.1, 0.15) is 6.04 Å². The van der Waals surface area contributed by atoms with Crippen molar-refractivity contribution in [2.45, 2.75) is 18.9 Å². The molecule has 8 heteroatoms. The number of fused-ring (bicyclic) bond motifs is 1. The maximum atomic E-state index is 12.7. The first-order chi connectivity index (χ1) is 12.1. The molecule has 0 bridgehead atoms. The molecule has 3 N–H and O–H groups in total. The molecule has 0 unspecified atom stereocenters. The lowest BCUT2D eigenvalue weighted by molar-refractivity contribution is -0.119. The maximum absolute atomic E-state index is 12.7. The number of carbonyl (C=O) groups is 2. The van der Waals surface area contributed by atoms with Crippen molar-refractivity contribution in [3.63, 3.8) is 0 Å². The molecule has 7 nitrogen and oxygen atoms in total. The summed E-state index contributed by atoms with van der Waals surface area (Å²) in [6, 6.07) is 8.28. The number of nitrogens with one attached hydrogen (secondary N) is 3. The van der Waals surface area contributed by atoms with Crippen LogP contribution in [0.4, 0.5) is 5.69 Å². The van der Waals surface area contributed by atoms with Crippen LogP contribution in [0.15, 0.2) is 40.5 Å². The molecular weight excluding hydrogens is 340 g/mol. The highest BCUT2D eigenvalue weighted by atomic mass is 32.1. The summed E-state index contributed by atoms with van der Waals surface area (Å²) in [6.45, 7) is 0.582. The third-order valence-corrected chi connectivity index (χ3v) is 5.19. The number of rotatable bonds is 3. The zero-order chi connectivity index (χ0) is 17.4. The molecular formula is C17H16N4O3S. The van der Waals surface area contributed by atoms with Crippen LogP contribution in [-0.2, 0) is 4.79 Å². The number of imidazole rings is 1. The highest BCUT2D eigenvalue weighted by Gasteiger charge is 2.34. The van der Waals surface area contributed by atoms with E-state index in [9.17, 15) is 14.4 Å². The summed E-state index contributed by atoms with van der Waals surface area (Å²) in [5, 5.41) is 4.70. The van der Waals surface area contributed by atoms with Gasteiger partial charge in [-0.1, -0.05) is 6.07 Å². The second-order valence-corrected chi connectivity index (χ2v) is 6.91. The van der Waals surface area contributed by atoms with Crippen LogP contribution < -0.4 is 11.0 Å². The highest BCUT2D eigenvalue weighted by molar-refractivity contribution is 7.12. The summed E-state index contributed by atoms with van der Waals surface area (Å²) < 4.78 is 0. The van der Waals surface area contributed by atoms with E-state index in [-0.39, 0.29) is 17.5 Å². The molecule has 1 fully saturated rings. The fraction of sp³-hybridized carbons (Fsp3) is 0.235. The zero-order valence-corrected chi connectivity index (χ0v) is 14.1. The van der Waals surface area contributed by atoms with Gasteiger partial charge in [0, 0.05) is 12.2 Å². The van der Waals surface area contributed by atoms with Crippen molar-refractivity contribution in [3.8, 4) is 0 Å². The van der Waals surface area contributed by atoms with Gasteiger partial charge in [0.15, 0.2) is 0 Å². The van der Waals surface area contributed by atoms with E-state index in [1.54, 1.807) is 29.2 Å². The molecule has 2 aromatic heterocycles. The first kappa shape index (κ1) is 15.6. The number of benzene rings is 1. The Morgan fingerprint density at radius 3 is 2.84 bits per heavy atom. The number of hydrogen-bond donors (Lipinski definition) is 3. The normalized spacial score (nSPS) is 17.1. The first-order valence-corrected chi connectivity index (χ1v) is 8.87. The number of thiophene rings is 1. The standard InChI is InChI=1S/C17H16N4O3S/c22-15(18-10-5-6-11-12(9-10)20-17(24)19-11)13-3-1-7-21(13)16(23)14-4-2-8-25-14/h2,4-6,8-9,13H,1,3,7H2,(H,18,22)(H2,19,20,24)/t13-/m0/s1. The number of hydrogen-bond acceptors (Lipinski definition) is 4. The van der Waals surface area contributed by atoms with E-state index in [2.05, 4.69) is 15.3 Å². The monoisotopic (exact) mass is 356 g/mol. The first-order valence-electron chi connectivity index (χ1n) is 7.99. The highest BCUT2D eigenvalue weighted by Crippen LogP contribution is 2.24. The third-order valence-electron chi connectivity index (χ3n) is 4.33. The molecule has 0 saturated carbocycles. The number of aromatic amines is 2. The fourth-order valence-electron chi connectivity index (χ4n) is 3.16. The van der Waals surface area contributed by atoms with Crippen LogP contribution in [0.3, 0.4) is 0 Å². The van der Waals surface area contributed by atoms with Crippen molar-refractivity contribution in [3.05, 3.63) is 51.1 Å². The molecule has 1 aromatic carbocycles. The molecule has 3 heterocycles. The van der Waals surface area contributed by atoms with Crippen LogP contribution in [0.5, 0.6) is 0 Å². The van der Waals surface area contributed by atoms with Crippen LogP contribution in [0.1, 0.15) is 22.5 Å². The summed E-state index contributed by atoms with van der Waals surface area (Å²) in [4.78, 5) is 44.1. The second kappa shape index (κ2) is 6.21. The van der Waals surface area contributed by atoms with Gasteiger partial charge in [-0.2, -0.15) is 0 Å². The minimum Gasteiger partial charge on any atom is -0.326 e. The predicted octanol–water partition coefficient (Wildman–Crippen LogP) is 2.16. The number of nitrogens with zero attached hydrogens (tertiary/aromatic N) is 1. The topological polar surface area (TPSA) is 98.1 Å². The zero-order valence-electron chi connectivity index (χ0n) is 13.2. The van der Waals surface area contributed by atoms with Crippen LogP contribution >= 0.6 is 11.3 Å². The average Bonchev–Trinajstić information content (AvgIpc) is 3.33. The lowest BCUT2D eigenvalue weighted by Gasteiger charge is -2.23. The quantitative estimate of drug-likeness (QED) is 0.671. The van der Waals surface area contributed by atoms with Crippen LogP contribution in [0.25, 0.3) is 11.0 Å². The maximum Gasteiger partial charge on any atom is 0.323 e. The van der Waals surface area contributed by atoms with Gasteiger partial charge in [-0.15, -0.1) is 11.3 Å². The number of anilines is 1. The van der Waals surface area contributed by atoms with Crippen molar-refractivity contribution < 1.29 is 9.59 Å². The van der Waals surface area contributed by atoms with Gasteiger partial charge in [0.2, 0.25) is 5.91 Å². The van der Waals surface area contributed by atoms with Gasteiger partial charge in [0.25, 0.3) is 5.91 Å². The summed E-state index contributed by atoms with van der Waals surface area (Å²) in [5.74, 6) is -0.308. The van der Waals surface area contributed by atoms with Gasteiger partial charge in [-0.3, -0.25) is 9.59 Å². The van der Waals surface area contributed by atoms with Crippen LogP contribution in [0, 0.1) is 0 Å². The molecule has 128 valence electrons. The predicted molar refractivity (Wildman–Crippen MR) is 95.9 cm³/mol. The van der Waals surface area contributed by atoms with Crippen molar-refractivity contribution in [1.29, 1.82) is 0 Å². The van der Waals surface area contributed by atoms with E-state index in [1.165, 1.54) is 11.3 Å². The Morgan fingerprint density at radius 1 is 1.20 bits per heavy atom. The largest absolute Gasteiger partial charge is 0.326 e. The SMILES string of the molecule is O=C(Nc1ccc2[nH]c(=O)[nH]c2c1)[C@@H]1CCCN1C(=O)c1cccs1. The Balaban J connectivity index is 1.52. The number of H-pyrrole nitrogens is 2. The summed E-state index contributed by atoms with van der Waals surface area (Å²) in [5.41, 5.74) is 1.60. The van der Waals surface area contributed by atoms with E-state index >= 15 is 0 Å². The second-order valence-electron chi connectivity index (χ2n) is 5.96. The molecule has 2 amide bonds. The molecule has 3 aromatic rings. The summed E-state index contributed by atoms with van der Waals surface area (Å²) >= 11 is 1.38. The average molecular weight is 356 g/mol. The smallest absolute Gasteiger partial charge is 0.323 e. The van der Waals surface area contributed by atoms with Gasteiger partial charge >= 0.3 is 5.69 Å². The Bertz CT molecular complexity index is 989. The Hall–Kier alpha value is -2.87. The summed E-state index contributed by atoms with van der Waals surface area (Å²) in [6.07, 6.45) is 1.45. The van der Waals surface area contributed by atoms with E-state index in [1.807, 2.05) is 11.4 Å². The van der Waals surface area contributed by atoms with Crippen LogP contribution in [-0.4, -0.2) is 39.3 Å². The van der Waals surface area contributed by atoms with Gasteiger partial charge in [-0.05, 0) is 42.5 Å². The van der Waals surface area contributed by atoms with E-state index in [0.717, 1.165) is 6.42 Å². The van der Waals surface area contributed by atoms with Gasteiger partial charge < -0.3 is 20.2 Å². The molecule has 1 aliphatic rings. The van der Waals surface area contributed by atoms with Crippen molar-refractivity contribution in [2.24, 2.45) is 0 Å². The lowest BCUT2D eigenvalue weighted by atomic mass is 10.2. The number of carbonyl (C=O) groups excluding carboxylic acids is 2. The molecule has 25 heavy (non-hydrogen) atoms. The molecule has 1 aliphatic heterocycles. The minimum absolute atomic E-state index is 0.0990. The van der Waals surface area contributed by atoms with E-state index in [0.29, 0.717) is 34.6 Å². The molecule has 1 saturated heterocycles. The number of likely N-dealkylation sites (tertiary alicyclic amines) is 1. The Kier molecular flexibility index (Phi) is 3.89. The molecule has 1 atom stereocenters. The number of amides is 2. The van der Waals surface area contributed by atoms with Crippen LogP contribution in [0.2, 0.25) is 0 Å². The van der Waals surface area contributed by atoms with Crippen molar-refractivity contribution in [2.75, 3.05) is 11.9 Å². The third kappa shape index (κ3) is 2.96. The fourth-order valence-corrected chi connectivity index (χ4v) is 3.84.